The number of aryl methyl sites for hydroxylation is 1. The summed E-state index contributed by atoms with van der Waals surface area (Å²) in [5.74, 6) is 1.06. The van der Waals surface area contributed by atoms with Crippen molar-refractivity contribution in [2.75, 3.05) is 24.6 Å². The highest BCUT2D eigenvalue weighted by molar-refractivity contribution is 6.30. The van der Waals surface area contributed by atoms with Gasteiger partial charge < -0.3 is 9.64 Å². The Morgan fingerprint density at radius 2 is 2.00 bits per heavy atom. The predicted molar refractivity (Wildman–Crippen MR) is 150 cm³/mol. The third-order valence-electron chi connectivity index (χ3n) is 7.81. The minimum Gasteiger partial charge on any atom is -0.376 e. The lowest BCUT2D eigenvalue weighted by Gasteiger charge is -2.47. The van der Waals surface area contributed by atoms with Crippen molar-refractivity contribution in [2.45, 2.75) is 71.2 Å². The van der Waals surface area contributed by atoms with E-state index in [2.05, 4.69) is 64.6 Å². The van der Waals surface area contributed by atoms with Crippen LogP contribution in [0.4, 0.5) is 5.82 Å². The number of fused-ring (bicyclic) bond motifs is 1. The first kappa shape index (κ1) is 26.8. The van der Waals surface area contributed by atoms with Crippen molar-refractivity contribution in [2.24, 2.45) is 13.0 Å². The Kier molecular flexibility index (Phi) is 7.88. The first-order valence-electron chi connectivity index (χ1n) is 13.6. The van der Waals surface area contributed by atoms with E-state index >= 15 is 0 Å². The fraction of sp³-hybridized carbons (Fsp3) is 0.571. The summed E-state index contributed by atoms with van der Waals surface area (Å²) in [5.41, 5.74) is 3.11. The minimum atomic E-state index is -0.328. The lowest BCUT2D eigenvalue weighted by Crippen LogP contribution is -2.53. The highest BCUT2D eigenvalue weighted by Crippen LogP contribution is 2.36. The van der Waals surface area contributed by atoms with Crippen LogP contribution < -0.4 is 10.6 Å². The van der Waals surface area contributed by atoms with Gasteiger partial charge in [0.05, 0.1) is 12.6 Å². The van der Waals surface area contributed by atoms with Gasteiger partial charge in [-0.25, -0.2) is 9.48 Å². The zero-order valence-electron chi connectivity index (χ0n) is 22.8. The molecule has 204 valence electrons. The van der Waals surface area contributed by atoms with Gasteiger partial charge >= 0.3 is 5.69 Å². The maximum Gasteiger partial charge on any atom is 0.351 e. The molecule has 0 amide bonds. The van der Waals surface area contributed by atoms with Crippen molar-refractivity contribution in [1.29, 1.82) is 0 Å². The smallest absolute Gasteiger partial charge is 0.351 e. The molecule has 2 aliphatic heterocycles. The van der Waals surface area contributed by atoms with E-state index in [0.29, 0.717) is 42.5 Å². The molecule has 2 fully saturated rings. The third-order valence-corrected chi connectivity index (χ3v) is 8.07. The number of piperazine rings is 1. The number of ether oxygens (including phenoxy) is 1. The lowest BCUT2D eigenvalue weighted by atomic mass is 9.92. The number of nitrogens with zero attached hydrogens (tertiary/aromatic N) is 7. The maximum absolute atomic E-state index is 13.0. The Labute approximate surface area is 229 Å². The molecule has 2 aromatic heterocycles. The summed E-state index contributed by atoms with van der Waals surface area (Å²) in [6.45, 7) is 13.8. The summed E-state index contributed by atoms with van der Waals surface area (Å²) in [6, 6.07) is 8.68. The highest BCUT2D eigenvalue weighted by atomic mass is 35.5. The fourth-order valence-corrected chi connectivity index (χ4v) is 5.94. The standard InChI is InChI=1S/C28H38ClN7O2/c1-6-22-16-34(19(4)15-35(22)24(14-18(2)3)20-9-11-21(29)12-10-20)26-25-27(33(5)28(37)30-26)36(32-31-25)17-23-8-7-13-38-23/h9-12,18,22-24H,4,6-8,13-17H2,1-3,5H3/t22-,23-,24?/m1/s1. The Balaban J connectivity index is 1.48. The van der Waals surface area contributed by atoms with Crippen LogP contribution in [0.1, 0.15) is 58.1 Å². The number of benzene rings is 1. The van der Waals surface area contributed by atoms with Gasteiger partial charge in [-0.1, -0.05) is 56.3 Å². The normalized spacial score (nSPS) is 21.6. The Morgan fingerprint density at radius 1 is 1.24 bits per heavy atom. The molecule has 2 saturated heterocycles. The predicted octanol–water partition coefficient (Wildman–Crippen LogP) is 4.56. The van der Waals surface area contributed by atoms with Crippen LogP contribution >= 0.6 is 11.6 Å². The molecular formula is C28H38ClN7O2. The molecule has 0 bridgehead atoms. The van der Waals surface area contributed by atoms with Crippen LogP contribution in [0.15, 0.2) is 41.3 Å². The molecule has 3 atom stereocenters. The van der Waals surface area contributed by atoms with E-state index in [1.165, 1.54) is 10.1 Å². The summed E-state index contributed by atoms with van der Waals surface area (Å²) in [5, 5.41) is 9.65. The van der Waals surface area contributed by atoms with Crippen LogP contribution in [0, 0.1) is 5.92 Å². The average Bonchev–Trinajstić information content (AvgIpc) is 3.56. The van der Waals surface area contributed by atoms with Gasteiger partial charge in [-0.3, -0.25) is 9.47 Å². The zero-order valence-corrected chi connectivity index (χ0v) is 23.6. The number of aromatic nitrogens is 5. The molecular weight excluding hydrogens is 502 g/mol. The van der Waals surface area contributed by atoms with Crippen molar-refractivity contribution in [3.63, 3.8) is 0 Å². The van der Waals surface area contributed by atoms with Crippen molar-refractivity contribution in [3.05, 3.63) is 57.6 Å². The van der Waals surface area contributed by atoms with Gasteiger partial charge in [0.2, 0.25) is 0 Å². The second kappa shape index (κ2) is 11.2. The molecule has 9 nitrogen and oxygen atoms in total. The number of hydrogen-bond acceptors (Lipinski definition) is 7. The lowest BCUT2D eigenvalue weighted by molar-refractivity contribution is 0.0943. The molecule has 0 radical (unpaired) electrons. The molecule has 0 aliphatic carbocycles. The number of hydrogen-bond donors (Lipinski definition) is 0. The Hall–Kier alpha value is -2.75. The van der Waals surface area contributed by atoms with Crippen molar-refractivity contribution >= 4 is 28.6 Å². The summed E-state index contributed by atoms with van der Waals surface area (Å²) in [6.07, 6.45) is 4.08. The maximum atomic E-state index is 13.0. The molecule has 2 aliphatic rings. The first-order chi connectivity index (χ1) is 18.3. The van der Waals surface area contributed by atoms with Gasteiger partial charge in [0.25, 0.3) is 0 Å². The fourth-order valence-electron chi connectivity index (χ4n) is 5.82. The second-order valence-corrected chi connectivity index (χ2v) is 11.4. The molecule has 0 saturated carbocycles. The SMILES string of the molecule is C=C1CN(C(CC(C)C)c2ccc(Cl)cc2)[C@H](CC)CN1c1nc(=O)n(C)c2c1nnn2C[C@H]1CCCO1. The zero-order chi connectivity index (χ0) is 27.0. The van der Waals surface area contributed by atoms with E-state index in [1.54, 1.807) is 11.7 Å². The van der Waals surface area contributed by atoms with E-state index in [4.69, 9.17) is 16.3 Å². The molecule has 4 heterocycles. The molecule has 38 heavy (non-hydrogen) atoms. The van der Waals surface area contributed by atoms with Crippen molar-refractivity contribution < 1.29 is 4.74 Å². The topological polar surface area (TPSA) is 81.3 Å². The average molecular weight is 540 g/mol. The van der Waals surface area contributed by atoms with Gasteiger partial charge in [-0.2, -0.15) is 4.98 Å². The van der Waals surface area contributed by atoms with Gasteiger partial charge in [-0.05, 0) is 49.3 Å². The largest absolute Gasteiger partial charge is 0.376 e. The molecule has 0 N–H and O–H groups in total. The first-order valence-corrected chi connectivity index (χ1v) is 14.0. The molecule has 5 rings (SSSR count). The van der Waals surface area contributed by atoms with Crippen LogP contribution in [-0.4, -0.2) is 61.3 Å². The van der Waals surface area contributed by atoms with Crippen molar-refractivity contribution in [3.8, 4) is 0 Å². The van der Waals surface area contributed by atoms with Gasteiger partial charge in [0.1, 0.15) is 0 Å². The van der Waals surface area contributed by atoms with E-state index in [-0.39, 0.29) is 23.9 Å². The van der Waals surface area contributed by atoms with E-state index in [0.717, 1.165) is 43.0 Å². The summed E-state index contributed by atoms with van der Waals surface area (Å²) in [4.78, 5) is 22.1. The highest BCUT2D eigenvalue weighted by Gasteiger charge is 2.36. The summed E-state index contributed by atoms with van der Waals surface area (Å²) >= 11 is 6.21. The second-order valence-electron chi connectivity index (χ2n) is 11.0. The quantitative estimate of drug-likeness (QED) is 0.415. The van der Waals surface area contributed by atoms with Crippen LogP contribution in [0.5, 0.6) is 0 Å². The van der Waals surface area contributed by atoms with Gasteiger partial charge in [-0.15, -0.1) is 5.10 Å². The Bertz CT molecular complexity index is 1340. The Morgan fingerprint density at radius 3 is 2.66 bits per heavy atom. The van der Waals surface area contributed by atoms with Crippen LogP contribution in [0.25, 0.3) is 11.2 Å². The van der Waals surface area contributed by atoms with Crippen LogP contribution in [0.2, 0.25) is 5.02 Å². The van der Waals surface area contributed by atoms with E-state index in [9.17, 15) is 4.79 Å². The minimum absolute atomic E-state index is 0.0837. The van der Waals surface area contributed by atoms with E-state index in [1.807, 2.05) is 12.1 Å². The van der Waals surface area contributed by atoms with Crippen LogP contribution in [-0.2, 0) is 18.3 Å². The number of halogens is 1. The molecule has 10 heteroatoms. The number of anilines is 1. The molecule has 3 aromatic rings. The molecule has 0 spiro atoms. The molecule has 1 aromatic carbocycles. The summed E-state index contributed by atoms with van der Waals surface area (Å²) < 4.78 is 9.13. The van der Waals surface area contributed by atoms with E-state index < -0.39 is 0 Å². The molecule has 1 unspecified atom stereocenters. The monoisotopic (exact) mass is 539 g/mol. The summed E-state index contributed by atoms with van der Waals surface area (Å²) in [7, 11) is 1.72. The number of rotatable bonds is 8. The van der Waals surface area contributed by atoms with Crippen molar-refractivity contribution in [1.82, 2.24) is 29.4 Å². The van der Waals surface area contributed by atoms with Gasteiger partial charge in [0.15, 0.2) is 17.0 Å². The van der Waals surface area contributed by atoms with Gasteiger partial charge in [0, 0.05) is 49.5 Å². The third kappa shape index (κ3) is 5.24. The van der Waals surface area contributed by atoms with Crippen LogP contribution in [0.3, 0.4) is 0 Å².